The van der Waals surface area contributed by atoms with E-state index >= 15 is 0 Å². The Morgan fingerprint density at radius 2 is 1.75 bits per heavy atom. The van der Waals surface area contributed by atoms with Gasteiger partial charge in [0.15, 0.2) is 16.9 Å². The minimum atomic E-state index is -0.545. The van der Waals surface area contributed by atoms with Crippen molar-refractivity contribution in [1.29, 1.82) is 0 Å². The highest BCUT2D eigenvalue weighted by Crippen LogP contribution is 2.17. The summed E-state index contributed by atoms with van der Waals surface area (Å²) in [6.07, 6.45) is 0. The van der Waals surface area contributed by atoms with Crippen molar-refractivity contribution in [2.75, 3.05) is 0 Å². The lowest BCUT2D eigenvalue weighted by atomic mass is 10.1. The van der Waals surface area contributed by atoms with E-state index < -0.39 is 11.2 Å². The van der Waals surface area contributed by atoms with Gasteiger partial charge in [-0.25, -0.2) is 9.78 Å². The molecule has 0 atom stereocenters. The molecular weight excluding hydrogens is 332 g/mol. The van der Waals surface area contributed by atoms with Crippen LogP contribution in [0.25, 0.3) is 11.2 Å². The molecule has 0 aliphatic carbocycles. The number of rotatable bonds is 3. The summed E-state index contributed by atoms with van der Waals surface area (Å²) in [5, 5.41) is -0.0104. The standard InChI is InChI=1S/C16H15ClN4O3/c1-9-4-6-10(7-5-9)11(22)8-21-13-12(18-15(21)17)14(23)20(3)16(24)19(13)2/h4-7H,8H2,1-3H3. The number of nitrogens with zero attached hydrogens (tertiary/aromatic N) is 4. The summed E-state index contributed by atoms with van der Waals surface area (Å²) in [7, 11) is 2.88. The third-order valence-corrected chi connectivity index (χ3v) is 4.26. The van der Waals surface area contributed by atoms with Gasteiger partial charge in [0.05, 0.1) is 6.54 Å². The maximum absolute atomic E-state index is 12.5. The van der Waals surface area contributed by atoms with Crippen LogP contribution in [0, 0.1) is 6.92 Å². The van der Waals surface area contributed by atoms with E-state index in [1.54, 1.807) is 12.1 Å². The first-order valence-corrected chi connectivity index (χ1v) is 7.60. The number of aryl methyl sites for hydroxylation is 2. The normalized spacial score (nSPS) is 11.2. The van der Waals surface area contributed by atoms with Gasteiger partial charge < -0.3 is 0 Å². The van der Waals surface area contributed by atoms with Crippen molar-refractivity contribution in [3.8, 4) is 0 Å². The van der Waals surface area contributed by atoms with Crippen LogP contribution in [0.5, 0.6) is 0 Å². The Morgan fingerprint density at radius 3 is 2.38 bits per heavy atom. The van der Waals surface area contributed by atoms with E-state index in [2.05, 4.69) is 4.98 Å². The SMILES string of the molecule is Cc1ccc(C(=O)Cn2c(Cl)nc3c(=O)n(C)c(=O)n(C)c32)cc1. The van der Waals surface area contributed by atoms with Crippen LogP contribution in [-0.2, 0) is 20.6 Å². The number of halogens is 1. The maximum Gasteiger partial charge on any atom is 0.332 e. The van der Waals surface area contributed by atoms with Crippen LogP contribution in [0.4, 0.5) is 0 Å². The summed E-state index contributed by atoms with van der Waals surface area (Å²) in [4.78, 5) is 40.8. The highest BCUT2D eigenvalue weighted by atomic mass is 35.5. The number of imidazole rings is 1. The second-order valence-corrected chi connectivity index (χ2v) is 5.97. The van der Waals surface area contributed by atoms with Gasteiger partial charge in [0, 0.05) is 19.7 Å². The Hall–Kier alpha value is -2.67. The summed E-state index contributed by atoms with van der Waals surface area (Å²) in [5.74, 6) is -0.190. The molecule has 0 fully saturated rings. The van der Waals surface area contributed by atoms with Crippen molar-refractivity contribution >= 4 is 28.5 Å². The third-order valence-electron chi connectivity index (χ3n) is 3.97. The monoisotopic (exact) mass is 346 g/mol. The molecule has 24 heavy (non-hydrogen) atoms. The number of carbonyl (C=O) groups excluding carboxylic acids is 1. The smallest absolute Gasteiger partial charge is 0.293 e. The van der Waals surface area contributed by atoms with Crippen LogP contribution in [0.3, 0.4) is 0 Å². The zero-order valence-corrected chi connectivity index (χ0v) is 14.2. The van der Waals surface area contributed by atoms with Crippen molar-refractivity contribution in [2.45, 2.75) is 13.5 Å². The molecule has 0 saturated carbocycles. The molecule has 2 aromatic heterocycles. The molecule has 7 nitrogen and oxygen atoms in total. The van der Waals surface area contributed by atoms with Crippen molar-refractivity contribution in [1.82, 2.24) is 18.7 Å². The summed E-state index contributed by atoms with van der Waals surface area (Å²) < 4.78 is 3.59. The fourth-order valence-corrected chi connectivity index (χ4v) is 2.80. The quantitative estimate of drug-likeness (QED) is 0.528. The summed E-state index contributed by atoms with van der Waals surface area (Å²) in [5.41, 5.74) is 0.801. The molecule has 0 unspecified atom stereocenters. The fourth-order valence-electron chi connectivity index (χ4n) is 2.58. The van der Waals surface area contributed by atoms with Gasteiger partial charge in [-0.05, 0) is 18.5 Å². The first-order valence-electron chi connectivity index (χ1n) is 7.23. The van der Waals surface area contributed by atoms with Gasteiger partial charge >= 0.3 is 5.69 Å². The van der Waals surface area contributed by atoms with E-state index in [-0.39, 0.29) is 28.8 Å². The van der Waals surface area contributed by atoms with Crippen LogP contribution in [-0.4, -0.2) is 24.5 Å². The largest absolute Gasteiger partial charge is 0.332 e. The second kappa shape index (κ2) is 5.76. The number of Topliss-reactive ketones (excluding diaryl/α,β-unsaturated/α-hetero) is 1. The Bertz CT molecular complexity index is 1070. The Morgan fingerprint density at radius 1 is 1.12 bits per heavy atom. The number of benzene rings is 1. The van der Waals surface area contributed by atoms with Gasteiger partial charge in [-0.2, -0.15) is 0 Å². The highest BCUT2D eigenvalue weighted by molar-refractivity contribution is 6.29. The molecule has 8 heteroatoms. The molecule has 0 aliphatic rings. The van der Waals surface area contributed by atoms with Gasteiger partial charge in [0.2, 0.25) is 5.28 Å². The lowest BCUT2D eigenvalue weighted by molar-refractivity contribution is 0.0973. The lowest BCUT2D eigenvalue weighted by Crippen LogP contribution is -2.37. The molecule has 0 bridgehead atoms. The van der Waals surface area contributed by atoms with E-state index in [4.69, 9.17) is 11.6 Å². The second-order valence-electron chi connectivity index (χ2n) is 5.63. The van der Waals surface area contributed by atoms with Crippen LogP contribution >= 0.6 is 11.6 Å². The van der Waals surface area contributed by atoms with Crippen LogP contribution < -0.4 is 11.2 Å². The first kappa shape index (κ1) is 16.2. The molecule has 1 aromatic carbocycles. The fraction of sp³-hybridized carbons (Fsp3) is 0.250. The number of fused-ring (bicyclic) bond motifs is 1. The van der Waals surface area contributed by atoms with Crippen LogP contribution in [0.15, 0.2) is 33.9 Å². The number of carbonyl (C=O) groups is 1. The van der Waals surface area contributed by atoms with E-state index in [0.717, 1.165) is 10.1 Å². The Kier molecular flexibility index (Phi) is 3.88. The molecule has 0 N–H and O–H groups in total. The van der Waals surface area contributed by atoms with E-state index in [0.29, 0.717) is 5.56 Å². The third kappa shape index (κ3) is 2.46. The minimum absolute atomic E-state index is 0.0104. The predicted octanol–water partition coefficient (Wildman–Crippen LogP) is 1.28. The molecule has 3 aromatic rings. The van der Waals surface area contributed by atoms with Crippen molar-refractivity contribution in [2.24, 2.45) is 14.1 Å². The zero-order chi connectivity index (χ0) is 17.6. The van der Waals surface area contributed by atoms with Crippen molar-refractivity contribution < 1.29 is 4.79 Å². The lowest BCUT2D eigenvalue weighted by Gasteiger charge is -2.09. The van der Waals surface area contributed by atoms with E-state index in [1.807, 2.05) is 19.1 Å². The van der Waals surface area contributed by atoms with Crippen molar-refractivity contribution in [3.63, 3.8) is 0 Å². The summed E-state index contributed by atoms with van der Waals surface area (Å²) in [6, 6.07) is 7.13. The highest BCUT2D eigenvalue weighted by Gasteiger charge is 2.20. The molecule has 0 amide bonds. The van der Waals surface area contributed by atoms with Gasteiger partial charge in [0.1, 0.15) is 0 Å². The zero-order valence-electron chi connectivity index (χ0n) is 13.4. The number of hydrogen-bond acceptors (Lipinski definition) is 4. The van der Waals surface area contributed by atoms with Gasteiger partial charge in [-0.3, -0.25) is 23.3 Å². The average molecular weight is 347 g/mol. The summed E-state index contributed by atoms with van der Waals surface area (Å²) in [6.45, 7) is 1.82. The Balaban J connectivity index is 2.15. The van der Waals surface area contributed by atoms with Gasteiger partial charge in [0.25, 0.3) is 5.56 Å². The maximum atomic E-state index is 12.5. The number of aromatic nitrogens is 4. The van der Waals surface area contributed by atoms with Crippen LogP contribution in [0.2, 0.25) is 5.28 Å². The molecular formula is C16H15ClN4O3. The van der Waals surface area contributed by atoms with Crippen molar-refractivity contribution in [3.05, 3.63) is 61.5 Å². The first-order chi connectivity index (χ1) is 11.3. The molecule has 0 radical (unpaired) electrons. The predicted molar refractivity (Wildman–Crippen MR) is 90.7 cm³/mol. The molecule has 124 valence electrons. The molecule has 0 saturated heterocycles. The molecule has 3 rings (SSSR count). The summed E-state index contributed by atoms with van der Waals surface area (Å²) >= 11 is 6.11. The topological polar surface area (TPSA) is 78.9 Å². The van der Waals surface area contributed by atoms with E-state index in [1.165, 1.54) is 23.2 Å². The Labute approximate surface area is 141 Å². The number of hydrogen-bond donors (Lipinski definition) is 0. The minimum Gasteiger partial charge on any atom is -0.293 e. The van der Waals surface area contributed by atoms with Gasteiger partial charge in [-0.1, -0.05) is 29.8 Å². The molecule has 2 heterocycles. The average Bonchev–Trinajstić information content (AvgIpc) is 2.88. The number of ketones is 1. The van der Waals surface area contributed by atoms with Gasteiger partial charge in [-0.15, -0.1) is 0 Å². The van der Waals surface area contributed by atoms with E-state index in [9.17, 15) is 14.4 Å². The molecule has 0 aliphatic heterocycles. The molecule has 0 spiro atoms. The van der Waals surface area contributed by atoms with Crippen LogP contribution in [0.1, 0.15) is 15.9 Å².